The number of rotatable bonds is 5. The van der Waals surface area contributed by atoms with Crippen LogP contribution in [0.3, 0.4) is 0 Å². The van der Waals surface area contributed by atoms with Crippen LogP contribution in [0.15, 0.2) is 48.7 Å². The monoisotopic (exact) mass is 624 g/mol. The lowest BCUT2D eigenvalue weighted by Gasteiger charge is -2.27. The van der Waals surface area contributed by atoms with E-state index < -0.39 is 11.2 Å². The first kappa shape index (κ1) is 31.4. The van der Waals surface area contributed by atoms with E-state index in [1.807, 2.05) is 53.8 Å². The summed E-state index contributed by atoms with van der Waals surface area (Å²) in [6.07, 6.45) is 9.00. The van der Waals surface area contributed by atoms with E-state index in [9.17, 15) is 9.59 Å². The Bertz CT molecular complexity index is 1740. The van der Waals surface area contributed by atoms with Gasteiger partial charge >= 0.3 is 12.2 Å². The van der Waals surface area contributed by atoms with Crippen LogP contribution < -0.4 is 0 Å². The molecule has 2 saturated heterocycles. The minimum absolute atomic E-state index is 0.115. The molecule has 0 saturated carbocycles. The van der Waals surface area contributed by atoms with Crippen LogP contribution in [0.2, 0.25) is 0 Å². The van der Waals surface area contributed by atoms with Gasteiger partial charge < -0.3 is 19.4 Å². The van der Waals surface area contributed by atoms with Gasteiger partial charge in [0, 0.05) is 24.8 Å². The van der Waals surface area contributed by atoms with Gasteiger partial charge in [0.2, 0.25) is 0 Å². The van der Waals surface area contributed by atoms with Gasteiger partial charge in [-0.2, -0.15) is 0 Å². The standard InChI is InChI=1S/C36H44N6O4/c1-35(2,3)45-33(43)41-19-7-9-29(41)31-37-22-28(40-31)25-16-13-23(14-17-25)11-12-24-15-18-26-27(21-24)39-32(38-26)30-10-8-20-42(30)34(44)46-36(4,5)6/h11-18,21-22,29-30H,7-10,19-20H2,1-6H3,(H,37,40)(H,38,39)/b12-11+/t29-,30-/m0/s1. The number of likely N-dealkylation sites (tertiary alicyclic amines) is 2. The molecule has 2 atom stereocenters. The van der Waals surface area contributed by atoms with Crippen LogP contribution in [-0.2, 0) is 9.47 Å². The molecule has 0 bridgehead atoms. The molecule has 2 fully saturated rings. The molecule has 2 aromatic carbocycles. The lowest BCUT2D eigenvalue weighted by Crippen LogP contribution is -2.36. The third-order valence-electron chi connectivity index (χ3n) is 8.19. The summed E-state index contributed by atoms with van der Waals surface area (Å²) < 4.78 is 11.3. The fraction of sp³-hybridized carbons (Fsp3) is 0.444. The van der Waals surface area contributed by atoms with Gasteiger partial charge in [0.15, 0.2) is 0 Å². The number of nitrogens with one attached hydrogen (secondary N) is 2. The number of fused-ring (bicyclic) bond motifs is 1. The van der Waals surface area contributed by atoms with E-state index in [-0.39, 0.29) is 24.3 Å². The Morgan fingerprint density at radius 1 is 0.783 bits per heavy atom. The molecule has 2 N–H and O–H groups in total. The molecule has 2 aliphatic heterocycles. The van der Waals surface area contributed by atoms with Crippen molar-refractivity contribution in [1.29, 1.82) is 0 Å². The number of H-pyrrole nitrogens is 2. The largest absolute Gasteiger partial charge is 0.444 e. The molecule has 46 heavy (non-hydrogen) atoms. The highest BCUT2D eigenvalue weighted by Crippen LogP contribution is 2.34. The number of carbonyl (C=O) groups excluding carboxylic acids is 2. The lowest BCUT2D eigenvalue weighted by molar-refractivity contribution is 0.0208. The molecule has 10 nitrogen and oxygen atoms in total. The van der Waals surface area contributed by atoms with Crippen molar-refractivity contribution in [3.63, 3.8) is 0 Å². The van der Waals surface area contributed by atoms with E-state index in [0.717, 1.165) is 70.7 Å². The summed E-state index contributed by atoms with van der Waals surface area (Å²) in [5.41, 5.74) is 4.67. The van der Waals surface area contributed by atoms with Crippen molar-refractivity contribution in [3.05, 3.63) is 71.4 Å². The van der Waals surface area contributed by atoms with Crippen molar-refractivity contribution in [3.8, 4) is 11.3 Å². The molecule has 0 unspecified atom stereocenters. The first-order chi connectivity index (χ1) is 21.8. The lowest BCUT2D eigenvalue weighted by atomic mass is 10.1. The first-order valence-corrected chi connectivity index (χ1v) is 16.2. The number of aromatic amines is 2. The number of nitrogens with zero attached hydrogens (tertiary/aromatic N) is 4. The summed E-state index contributed by atoms with van der Waals surface area (Å²) >= 11 is 0. The van der Waals surface area contributed by atoms with E-state index in [0.29, 0.717) is 13.1 Å². The average Bonchev–Trinajstić information content (AvgIpc) is 3.79. The van der Waals surface area contributed by atoms with Crippen LogP contribution in [0, 0.1) is 0 Å². The molecule has 6 rings (SSSR count). The summed E-state index contributed by atoms with van der Waals surface area (Å²) in [4.78, 5) is 45.5. The third-order valence-corrected chi connectivity index (χ3v) is 8.19. The number of imidazole rings is 2. The number of ether oxygens (including phenoxy) is 2. The Labute approximate surface area is 270 Å². The zero-order chi connectivity index (χ0) is 32.6. The molecule has 10 heteroatoms. The van der Waals surface area contributed by atoms with Gasteiger partial charge in [0.1, 0.15) is 22.9 Å². The minimum atomic E-state index is -0.537. The quantitative estimate of drug-likeness (QED) is 0.216. The van der Waals surface area contributed by atoms with Gasteiger partial charge in [-0.25, -0.2) is 19.6 Å². The van der Waals surface area contributed by atoms with Crippen molar-refractivity contribution in [1.82, 2.24) is 29.7 Å². The van der Waals surface area contributed by atoms with Crippen LogP contribution in [-0.4, -0.2) is 66.2 Å². The number of carbonyl (C=O) groups is 2. The molecule has 4 aromatic rings. The summed E-state index contributed by atoms with van der Waals surface area (Å²) in [5.74, 6) is 1.58. The maximum absolute atomic E-state index is 12.8. The van der Waals surface area contributed by atoms with E-state index in [1.165, 1.54) is 0 Å². The molecule has 242 valence electrons. The van der Waals surface area contributed by atoms with Crippen LogP contribution in [0.1, 0.15) is 102 Å². The molecule has 0 radical (unpaired) electrons. The number of amides is 2. The number of hydrogen-bond donors (Lipinski definition) is 2. The van der Waals surface area contributed by atoms with Gasteiger partial charge in [-0.1, -0.05) is 42.5 Å². The molecular formula is C36H44N6O4. The Morgan fingerprint density at radius 3 is 1.96 bits per heavy atom. The van der Waals surface area contributed by atoms with Gasteiger partial charge in [-0.05, 0) is 90.5 Å². The second-order valence-corrected chi connectivity index (χ2v) is 14.2. The molecule has 2 aromatic heterocycles. The number of aromatic nitrogens is 4. The third kappa shape index (κ3) is 7.11. The van der Waals surface area contributed by atoms with Gasteiger partial charge in [0.05, 0.1) is 28.8 Å². The van der Waals surface area contributed by atoms with Crippen molar-refractivity contribution < 1.29 is 19.1 Å². The molecule has 0 aliphatic carbocycles. The van der Waals surface area contributed by atoms with Crippen LogP contribution in [0.5, 0.6) is 0 Å². The maximum Gasteiger partial charge on any atom is 0.410 e. The van der Waals surface area contributed by atoms with Gasteiger partial charge in [-0.3, -0.25) is 9.80 Å². The van der Waals surface area contributed by atoms with E-state index >= 15 is 0 Å². The van der Waals surface area contributed by atoms with Crippen LogP contribution in [0.25, 0.3) is 34.4 Å². The summed E-state index contributed by atoms with van der Waals surface area (Å²) in [6.45, 7) is 12.6. The van der Waals surface area contributed by atoms with Gasteiger partial charge in [-0.15, -0.1) is 0 Å². The van der Waals surface area contributed by atoms with E-state index in [1.54, 1.807) is 9.80 Å². The van der Waals surface area contributed by atoms with Crippen molar-refractivity contribution >= 4 is 35.4 Å². The maximum atomic E-state index is 12.8. The highest BCUT2D eigenvalue weighted by Gasteiger charge is 2.36. The highest BCUT2D eigenvalue weighted by molar-refractivity contribution is 5.81. The summed E-state index contributed by atoms with van der Waals surface area (Å²) in [6, 6.07) is 14.2. The predicted octanol–water partition coefficient (Wildman–Crippen LogP) is 8.27. The molecule has 4 heterocycles. The van der Waals surface area contributed by atoms with Crippen molar-refractivity contribution in [2.75, 3.05) is 13.1 Å². The Kier molecular flexibility index (Phi) is 8.39. The SMILES string of the molecule is CC(C)(C)OC(=O)N1CCC[C@H]1c1nc(-c2ccc(/C=C/c3ccc4[nH]c([C@@H]5CCCN5C(=O)OC(C)(C)C)nc4c3)cc2)c[nH]1. The first-order valence-electron chi connectivity index (χ1n) is 16.2. The Balaban J connectivity index is 1.11. The fourth-order valence-electron chi connectivity index (χ4n) is 6.10. The van der Waals surface area contributed by atoms with E-state index in [4.69, 9.17) is 19.4 Å². The second kappa shape index (κ2) is 12.3. The Hall–Kier alpha value is -4.60. The molecular weight excluding hydrogens is 580 g/mol. The summed E-state index contributed by atoms with van der Waals surface area (Å²) in [5, 5.41) is 0. The van der Waals surface area contributed by atoms with Crippen LogP contribution in [0.4, 0.5) is 9.59 Å². The average molecular weight is 625 g/mol. The second-order valence-electron chi connectivity index (χ2n) is 14.2. The molecule has 0 spiro atoms. The van der Waals surface area contributed by atoms with E-state index in [2.05, 4.69) is 58.5 Å². The zero-order valence-electron chi connectivity index (χ0n) is 27.6. The smallest absolute Gasteiger partial charge is 0.410 e. The number of benzene rings is 2. The Morgan fingerprint density at radius 2 is 1.35 bits per heavy atom. The van der Waals surface area contributed by atoms with Crippen LogP contribution >= 0.6 is 0 Å². The van der Waals surface area contributed by atoms with Crippen molar-refractivity contribution in [2.45, 2.75) is 90.5 Å². The minimum Gasteiger partial charge on any atom is -0.444 e. The topological polar surface area (TPSA) is 116 Å². The summed E-state index contributed by atoms with van der Waals surface area (Å²) in [7, 11) is 0. The number of hydrogen-bond acceptors (Lipinski definition) is 6. The highest BCUT2D eigenvalue weighted by atomic mass is 16.6. The predicted molar refractivity (Wildman–Crippen MR) is 179 cm³/mol. The molecule has 2 amide bonds. The molecule has 2 aliphatic rings. The zero-order valence-corrected chi connectivity index (χ0v) is 27.6. The fourth-order valence-corrected chi connectivity index (χ4v) is 6.10. The van der Waals surface area contributed by atoms with Crippen molar-refractivity contribution in [2.24, 2.45) is 0 Å². The normalized spacial score (nSPS) is 19.0. The van der Waals surface area contributed by atoms with Gasteiger partial charge in [0.25, 0.3) is 0 Å².